The number of alkyl halides is 4. The van der Waals surface area contributed by atoms with E-state index in [-0.39, 0.29) is 0 Å². The van der Waals surface area contributed by atoms with Crippen molar-refractivity contribution in [1.82, 2.24) is 4.90 Å². The zero-order chi connectivity index (χ0) is 19.4. The minimum Gasteiger partial charge on any atom is -0.486 e. The van der Waals surface area contributed by atoms with Crippen LogP contribution in [0.15, 0.2) is 30.8 Å². The summed E-state index contributed by atoms with van der Waals surface area (Å²) in [7, 11) is 3.62. The highest BCUT2D eigenvalue weighted by Gasteiger charge is 2.52. The predicted molar refractivity (Wildman–Crippen MR) is 93.4 cm³/mol. The summed E-state index contributed by atoms with van der Waals surface area (Å²) in [6, 6.07) is 5.19. The average molecular weight is 425 g/mol. The first kappa shape index (κ1) is 21.3. The van der Waals surface area contributed by atoms with Gasteiger partial charge in [0.2, 0.25) is 6.04 Å². The molecule has 0 aliphatic rings. The highest BCUT2D eigenvalue weighted by atomic mass is 79.9. The van der Waals surface area contributed by atoms with Gasteiger partial charge in [-0.1, -0.05) is 34.6 Å². The zero-order valence-corrected chi connectivity index (χ0v) is 15.7. The van der Waals surface area contributed by atoms with E-state index in [1.165, 1.54) is 0 Å². The van der Waals surface area contributed by atoms with Crippen LogP contribution < -0.4 is 4.74 Å². The van der Waals surface area contributed by atoms with Gasteiger partial charge in [-0.15, -0.1) is 0 Å². The number of benzene rings is 1. The lowest BCUT2D eigenvalue weighted by Gasteiger charge is -2.26. The van der Waals surface area contributed by atoms with Gasteiger partial charge >= 0.3 is 6.18 Å². The largest absolute Gasteiger partial charge is 0.486 e. The summed E-state index contributed by atoms with van der Waals surface area (Å²) in [6.45, 7) is 4.29. The Morgan fingerprint density at radius 3 is 2.52 bits per heavy atom. The van der Waals surface area contributed by atoms with E-state index < -0.39 is 34.5 Å². The van der Waals surface area contributed by atoms with Crippen molar-refractivity contribution in [3.63, 3.8) is 0 Å². The molecule has 9 heteroatoms. The van der Waals surface area contributed by atoms with Crippen molar-refractivity contribution >= 4 is 21.6 Å². The fourth-order valence-corrected chi connectivity index (χ4v) is 2.34. The molecule has 0 aliphatic carbocycles. The maximum Gasteiger partial charge on any atom is 0.403 e. The number of nitrogens with zero attached hydrogens (tertiary/aromatic N) is 2. The monoisotopic (exact) mass is 424 g/mol. The van der Waals surface area contributed by atoms with E-state index in [4.69, 9.17) is 4.74 Å². The summed E-state index contributed by atoms with van der Waals surface area (Å²) in [4.78, 5) is 12.1. The smallest absolute Gasteiger partial charge is 0.403 e. The Morgan fingerprint density at radius 1 is 1.44 bits per heavy atom. The van der Waals surface area contributed by atoms with Gasteiger partial charge in [0, 0.05) is 36.7 Å². The second-order valence-electron chi connectivity index (χ2n) is 6.02. The molecule has 0 fully saturated rings. The molecule has 25 heavy (non-hydrogen) atoms. The van der Waals surface area contributed by atoms with Crippen LogP contribution in [0.1, 0.15) is 18.9 Å². The van der Waals surface area contributed by atoms with Crippen molar-refractivity contribution < 1.29 is 22.8 Å². The number of ether oxygens (including phenoxy) is 1. The molecule has 5 nitrogen and oxygen atoms in total. The van der Waals surface area contributed by atoms with Gasteiger partial charge in [0.15, 0.2) is 6.61 Å². The van der Waals surface area contributed by atoms with Gasteiger partial charge < -0.3 is 9.64 Å². The second kappa shape index (κ2) is 8.07. The van der Waals surface area contributed by atoms with Crippen LogP contribution >= 0.6 is 15.9 Å². The first-order valence-corrected chi connectivity index (χ1v) is 8.13. The van der Waals surface area contributed by atoms with Crippen molar-refractivity contribution in [2.24, 2.45) is 0 Å². The van der Waals surface area contributed by atoms with Crippen LogP contribution in [0.4, 0.5) is 13.2 Å². The van der Waals surface area contributed by atoms with E-state index in [0.717, 1.165) is 12.5 Å². The van der Waals surface area contributed by atoms with E-state index in [2.05, 4.69) is 22.5 Å². The highest BCUT2D eigenvalue weighted by Crippen LogP contribution is 2.41. The molecule has 0 amide bonds. The molecule has 2 unspecified atom stereocenters. The van der Waals surface area contributed by atoms with Crippen LogP contribution in [0.25, 0.3) is 5.70 Å². The summed E-state index contributed by atoms with van der Waals surface area (Å²) in [5.41, 5.74) is 1.46. The van der Waals surface area contributed by atoms with Gasteiger partial charge in [-0.2, -0.15) is 13.2 Å². The molecule has 0 radical (unpaired) electrons. The Bertz CT molecular complexity index is 633. The minimum absolute atomic E-state index is 0.329. The fraction of sp³-hybridized carbons (Fsp3) is 0.500. The van der Waals surface area contributed by atoms with Crippen molar-refractivity contribution in [2.75, 3.05) is 20.7 Å². The van der Waals surface area contributed by atoms with Gasteiger partial charge in [-0.25, -0.2) is 0 Å². The maximum atomic E-state index is 12.9. The molecule has 0 heterocycles. The third kappa shape index (κ3) is 5.91. The molecule has 0 aromatic heterocycles. The Labute approximate surface area is 152 Å². The summed E-state index contributed by atoms with van der Waals surface area (Å²) in [5, 5.41) is 11.1. The molecular weight excluding hydrogens is 405 g/mol. The lowest BCUT2D eigenvalue weighted by atomic mass is 10.0. The second-order valence-corrected chi connectivity index (χ2v) is 7.77. The lowest BCUT2D eigenvalue weighted by Crippen LogP contribution is -2.43. The van der Waals surface area contributed by atoms with Crippen molar-refractivity contribution in [2.45, 2.75) is 29.9 Å². The van der Waals surface area contributed by atoms with E-state index in [0.29, 0.717) is 11.4 Å². The number of nitro groups is 1. The standard InChI is InChI=1S/C16H20BrF3N2O3/c1-11(21(3)4)12-6-5-7-14(8-12)25-10-13(22(23)24)9-15(2,17)16(18,19)20/h5-8,13H,1,9-10H2,2-4H3. The quantitative estimate of drug-likeness (QED) is 0.353. The third-order valence-corrected chi connectivity index (χ3v) is 4.43. The van der Waals surface area contributed by atoms with E-state index in [1.54, 1.807) is 29.2 Å². The maximum absolute atomic E-state index is 12.9. The van der Waals surface area contributed by atoms with Gasteiger partial charge in [0.05, 0.1) is 0 Å². The Morgan fingerprint density at radius 2 is 2.04 bits per heavy atom. The molecule has 0 N–H and O–H groups in total. The topological polar surface area (TPSA) is 55.6 Å². The minimum atomic E-state index is -4.61. The fourth-order valence-electron chi connectivity index (χ4n) is 1.97. The van der Waals surface area contributed by atoms with Crippen LogP contribution in [-0.2, 0) is 0 Å². The van der Waals surface area contributed by atoms with Crippen LogP contribution in [0.2, 0.25) is 0 Å². The van der Waals surface area contributed by atoms with Crippen LogP contribution in [-0.4, -0.2) is 47.1 Å². The number of hydrogen-bond acceptors (Lipinski definition) is 4. The number of hydrogen-bond donors (Lipinski definition) is 0. The van der Waals surface area contributed by atoms with Crippen LogP contribution in [0.5, 0.6) is 5.75 Å². The molecule has 0 spiro atoms. The van der Waals surface area contributed by atoms with Crippen molar-refractivity contribution in [1.29, 1.82) is 0 Å². The van der Waals surface area contributed by atoms with Crippen LogP contribution in [0, 0.1) is 10.1 Å². The summed E-state index contributed by atoms with van der Waals surface area (Å²) < 4.78 is 41.7. The Hall–Kier alpha value is -1.77. The van der Waals surface area contributed by atoms with Gasteiger partial charge in [-0.05, 0) is 19.1 Å². The summed E-state index contributed by atoms with van der Waals surface area (Å²) >= 11 is 2.54. The van der Waals surface area contributed by atoms with Gasteiger partial charge in [0.25, 0.3) is 0 Å². The molecule has 1 aromatic carbocycles. The molecule has 1 aromatic rings. The van der Waals surface area contributed by atoms with E-state index >= 15 is 0 Å². The third-order valence-electron chi connectivity index (χ3n) is 3.66. The normalized spacial score (nSPS) is 15.2. The van der Waals surface area contributed by atoms with E-state index in [9.17, 15) is 23.3 Å². The van der Waals surface area contributed by atoms with E-state index in [1.807, 2.05) is 14.1 Å². The summed E-state index contributed by atoms with van der Waals surface area (Å²) in [5.74, 6) is 0.329. The zero-order valence-electron chi connectivity index (χ0n) is 14.1. The van der Waals surface area contributed by atoms with Crippen LogP contribution in [0.3, 0.4) is 0 Å². The summed E-state index contributed by atoms with van der Waals surface area (Å²) in [6.07, 6.45) is -5.35. The molecule has 140 valence electrons. The SMILES string of the molecule is C=C(c1cccc(OCC(CC(C)(Br)C(F)(F)F)[N+](=O)[O-])c1)N(C)C. The molecular formula is C16H20BrF3N2O3. The average Bonchev–Trinajstić information content (AvgIpc) is 2.49. The predicted octanol–water partition coefficient (Wildman–Crippen LogP) is 4.35. The number of rotatable bonds is 8. The molecule has 0 bridgehead atoms. The number of halogens is 4. The van der Waals surface area contributed by atoms with Crippen molar-refractivity contribution in [3.8, 4) is 5.75 Å². The van der Waals surface area contributed by atoms with Gasteiger partial charge in [0.1, 0.15) is 10.1 Å². The first-order valence-electron chi connectivity index (χ1n) is 7.34. The molecule has 0 saturated carbocycles. The lowest BCUT2D eigenvalue weighted by molar-refractivity contribution is -0.527. The Kier molecular flexibility index (Phi) is 6.87. The Balaban J connectivity index is 2.84. The molecule has 1 rings (SSSR count). The first-order chi connectivity index (χ1) is 11.3. The molecule has 0 aliphatic heterocycles. The highest BCUT2D eigenvalue weighted by molar-refractivity contribution is 9.10. The molecule has 0 saturated heterocycles. The molecule has 2 atom stereocenters. The van der Waals surface area contributed by atoms with Gasteiger partial charge in [-0.3, -0.25) is 10.1 Å². The van der Waals surface area contributed by atoms with Crippen molar-refractivity contribution in [3.05, 3.63) is 46.5 Å².